The summed E-state index contributed by atoms with van der Waals surface area (Å²) in [5, 5.41) is 2.74. The SMILES string of the molecule is O=C(CCCCCl)Nc1nc2ccccc2[nH]1. The molecule has 17 heavy (non-hydrogen) atoms. The van der Waals surface area contributed by atoms with Gasteiger partial charge in [-0.3, -0.25) is 10.1 Å². The Bertz CT molecular complexity index is 476. The van der Waals surface area contributed by atoms with Crippen LogP contribution in [-0.4, -0.2) is 21.8 Å². The number of aromatic amines is 1. The van der Waals surface area contributed by atoms with Crippen LogP contribution in [0, 0.1) is 0 Å². The Kier molecular flexibility index (Phi) is 3.98. The molecule has 5 heteroatoms. The minimum atomic E-state index is -0.0332. The average Bonchev–Trinajstić information content (AvgIpc) is 2.71. The van der Waals surface area contributed by atoms with E-state index in [9.17, 15) is 4.79 Å². The molecule has 0 radical (unpaired) electrons. The number of unbranched alkanes of at least 4 members (excludes halogenated alkanes) is 1. The number of hydrogen-bond donors (Lipinski definition) is 2. The molecular formula is C12H14ClN3O. The molecular weight excluding hydrogens is 238 g/mol. The molecule has 2 N–H and O–H groups in total. The van der Waals surface area contributed by atoms with Crippen LogP contribution in [-0.2, 0) is 4.79 Å². The molecule has 1 heterocycles. The van der Waals surface area contributed by atoms with E-state index in [1.807, 2.05) is 24.3 Å². The van der Waals surface area contributed by atoms with E-state index in [4.69, 9.17) is 11.6 Å². The number of aromatic nitrogens is 2. The van der Waals surface area contributed by atoms with Crippen LogP contribution in [0.3, 0.4) is 0 Å². The predicted octanol–water partition coefficient (Wildman–Crippen LogP) is 2.91. The van der Waals surface area contributed by atoms with Crippen molar-refractivity contribution in [3.63, 3.8) is 0 Å². The number of carbonyl (C=O) groups is 1. The molecule has 0 atom stereocenters. The second kappa shape index (κ2) is 5.68. The first-order valence-corrected chi connectivity index (χ1v) is 6.13. The van der Waals surface area contributed by atoms with Gasteiger partial charge < -0.3 is 4.98 Å². The summed E-state index contributed by atoms with van der Waals surface area (Å²) >= 11 is 5.55. The van der Waals surface area contributed by atoms with Gasteiger partial charge in [-0.25, -0.2) is 4.98 Å². The summed E-state index contributed by atoms with van der Waals surface area (Å²) in [6, 6.07) is 7.66. The number of para-hydroxylation sites is 2. The highest BCUT2D eigenvalue weighted by Crippen LogP contribution is 2.13. The highest BCUT2D eigenvalue weighted by atomic mass is 35.5. The second-order valence-electron chi connectivity index (χ2n) is 3.80. The Balaban J connectivity index is 1.96. The molecule has 90 valence electrons. The van der Waals surface area contributed by atoms with E-state index in [0.717, 1.165) is 23.9 Å². The molecule has 1 aromatic carbocycles. The summed E-state index contributed by atoms with van der Waals surface area (Å²) in [6.07, 6.45) is 2.13. The minimum Gasteiger partial charge on any atom is -0.324 e. The summed E-state index contributed by atoms with van der Waals surface area (Å²) in [7, 11) is 0. The molecule has 0 saturated heterocycles. The summed E-state index contributed by atoms with van der Waals surface area (Å²) in [4.78, 5) is 18.9. The van der Waals surface area contributed by atoms with Crippen LogP contribution >= 0.6 is 11.6 Å². The van der Waals surface area contributed by atoms with Crippen molar-refractivity contribution in [1.82, 2.24) is 9.97 Å². The van der Waals surface area contributed by atoms with Gasteiger partial charge in [0.05, 0.1) is 11.0 Å². The topological polar surface area (TPSA) is 57.8 Å². The zero-order valence-corrected chi connectivity index (χ0v) is 10.1. The molecule has 0 aliphatic rings. The van der Waals surface area contributed by atoms with E-state index in [1.54, 1.807) is 0 Å². The van der Waals surface area contributed by atoms with Gasteiger partial charge in [-0.2, -0.15) is 0 Å². The van der Waals surface area contributed by atoms with Crippen molar-refractivity contribution >= 4 is 34.5 Å². The molecule has 1 aromatic heterocycles. The molecule has 0 fully saturated rings. The van der Waals surface area contributed by atoms with Crippen LogP contribution < -0.4 is 5.32 Å². The molecule has 2 rings (SSSR count). The van der Waals surface area contributed by atoms with E-state index in [2.05, 4.69) is 15.3 Å². The van der Waals surface area contributed by atoms with E-state index in [-0.39, 0.29) is 5.91 Å². The zero-order valence-electron chi connectivity index (χ0n) is 9.37. The number of hydrogen-bond acceptors (Lipinski definition) is 2. The number of halogens is 1. The van der Waals surface area contributed by atoms with E-state index in [0.29, 0.717) is 18.2 Å². The largest absolute Gasteiger partial charge is 0.324 e. The van der Waals surface area contributed by atoms with Crippen molar-refractivity contribution in [2.24, 2.45) is 0 Å². The monoisotopic (exact) mass is 251 g/mol. The molecule has 0 bridgehead atoms. The lowest BCUT2D eigenvalue weighted by atomic mass is 10.2. The fraction of sp³-hybridized carbons (Fsp3) is 0.333. The number of imidazole rings is 1. The van der Waals surface area contributed by atoms with Gasteiger partial charge in [0.2, 0.25) is 11.9 Å². The number of anilines is 1. The first-order valence-electron chi connectivity index (χ1n) is 5.60. The molecule has 4 nitrogen and oxygen atoms in total. The summed E-state index contributed by atoms with van der Waals surface area (Å²) in [5.41, 5.74) is 1.77. The van der Waals surface area contributed by atoms with Gasteiger partial charge in [0.25, 0.3) is 0 Å². The number of rotatable bonds is 5. The number of H-pyrrole nitrogens is 1. The Hall–Kier alpha value is -1.55. The number of nitrogens with one attached hydrogen (secondary N) is 2. The molecule has 0 spiro atoms. The molecule has 0 aliphatic carbocycles. The van der Waals surface area contributed by atoms with E-state index >= 15 is 0 Å². The maximum atomic E-state index is 11.5. The Labute approximate surface area is 104 Å². The normalized spacial score (nSPS) is 10.6. The van der Waals surface area contributed by atoms with Gasteiger partial charge in [0.1, 0.15) is 0 Å². The zero-order chi connectivity index (χ0) is 12.1. The Morgan fingerprint density at radius 2 is 2.18 bits per heavy atom. The molecule has 0 aliphatic heterocycles. The van der Waals surface area contributed by atoms with Crippen LogP contribution in [0.2, 0.25) is 0 Å². The van der Waals surface area contributed by atoms with Crippen molar-refractivity contribution in [3.05, 3.63) is 24.3 Å². The Morgan fingerprint density at radius 3 is 2.94 bits per heavy atom. The smallest absolute Gasteiger partial charge is 0.226 e. The molecule has 0 unspecified atom stereocenters. The fourth-order valence-corrected chi connectivity index (χ4v) is 1.78. The van der Waals surface area contributed by atoms with Gasteiger partial charge in [-0.05, 0) is 25.0 Å². The van der Waals surface area contributed by atoms with Crippen LogP contribution in [0.5, 0.6) is 0 Å². The van der Waals surface area contributed by atoms with Gasteiger partial charge in [0, 0.05) is 12.3 Å². The fourth-order valence-electron chi connectivity index (χ4n) is 1.59. The minimum absolute atomic E-state index is 0.0332. The average molecular weight is 252 g/mol. The third-order valence-electron chi connectivity index (χ3n) is 2.43. The van der Waals surface area contributed by atoms with Crippen molar-refractivity contribution in [1.29, 1.82) is 0 Å². The van der Waals surface area contributed by atoms with Gasteiger partial charge in [0.15, 0.2) is 0 Å². The molecule has 1 amide bonds. The van der Waals surface area contributed by atoms with Crippen molar-refractivity contribution in [2.45, 2.75) is 19.3 Å². The van der Waals surface area contributed by atoms with Crippen molar-refractivity contribution in [2.75, 3.05) is 11.2 Å². The lowest BCUT2D eigenvalue weighted by molar-refractivity contribution is -0.116. The predicted molar refractivity (Wildman–Crippen MR) is 69.3 cm³/mol. The summed E-state index contributed by atoms with van der Waals surface area (Å²) in [6.45, 7) is 0. The van der Waals surface area contributed by atoms with E-state index < -0.39 is 0 Å². The third-order valence-corrected chi connectivity index (χ3v) is 2.70. The highest BCUT2D eigenvalue weighted by molar-refractivity contribution is 6.17. The summed E-state index contributed by atoms with van der Waals surface area (Å²) in [5.74, 6) is 1.06. The maximum Gasteiger partial charge on any atom is 0.226 e. The van der Waals surface area contributed by atoms with Crippen LogP contribution in [0.1, 0.15) is 19.3 Å². The first kappa shape index (κ1) is 11.9. The Morgan fingerprint density at radius 1 is 1.35 bits per heavy atom. The third kappa shape index (κ3) is 3.20. The quantitative estimate of drug-likeness (QED) is 0.634. The van der Waals surface area contributed by atoms with Crippen LogP contribution in [0.15, 0.2) is 24.3 Å². The first-order chi connectivity index (χ1) is 8.29. The number of fused-ring (bicyclic) bond motifs is 1. The molecule has 2 aromatic rings. The standard InChI is InChI=1S/C12H14ClN3O/c13-8-4-3-7-11(17)16-12-14-9-5-1-2-6-10(9)15-12/h1-2,5-6H,3-4,7-8H2,(H2,14,15,16,17). The second-order valence-corrected chi connectivity index (χ2v) is 4.17. The van der Waals surface area contributed by atoms with E-state index in [1.165, 1.54) is 0 Å². The van der Waals surface area contributed by atoms with Gasteiger partial charge >= 0.3 is 0 Å². The molecule has 0 saturated carbocycles. The summed E-state index contributed by atoms with van der Waals surface area (Å²) < 4.78 is 0. The lowest BCUT2D eigenvalue weighted by Gasteiger charge is -2.00. The van der Waals surface area contributed by atoms with Gasteiger partial charge in [-0.1, -0.05) is 12.1 Å². The number of carbonyl (C=O) groups excluding carboxylic acids is 1. The number of alkyl halides is 1. The number of nitrogens with zero attached hydrogens (tertiary/aromatic N) is 1. The number of amides is 1. The number of benzene rings is 1. The van der Waals surface area contributed by atoms with Crippen LogP contribution in [0.4, 0.5) is 5.95 Å². The highest BCUT2D eigenvalue weighted by Gasteiger charge is 2.05. The van der Waals surface area contributed by atoms with Crippen molar-refractivity contribution < 1.29 is 4.79 Å². The van der Waals surface area contributed by atoms with Crippen LogP contribution in [0.25, 0.3) is 11.0 Å². The van der Waals surface area contributed by atoms with Gasteiger partial charge in [-0.15, -0.1) is 11.6 Å². The van der Waals surface area contributed by atoms with Crippen molar-refractivity contribution in [3.8, 4) is 0 Å². The maximum absolute atomic E-state index is 11.5. The lowest BCUT2D eigenvalue weighted by Crippen LogP contribution is -2.12.